The van der Waals surface area contributed by atoms with Gasteiger partial charge in [-0.05, 0) is 26.8 Å². The van der Waals surface area contributed by atoms with E-state index in [0.717, 1.165) is 13.0 Å². The van der Waals surface area contributed by atoms with Gasteiger partial charge in [-0.15, -0.1) is 0 Å². The summed E-state index contributed by atoms with van der Waals surface area (Å²) in [6.07, 6.45) is 0.738. The lowest BCUT2D eigenvalue weighted by molar-refractivity contribution is -0.127. The molecule has 5 nitrogen and oxygen atoms in total. The fraction of sp³-hybridized carbons (Fsp3) is 0.800. The van der Waals surface area contributed by atoms with Gasteiger partial charge < -0.3 is 11.1 Å². The average Bonchev–Trinajstić information content (AvgIpc) is 2.49. The smallest absolute Gasteiger partial charge is 0.234 e. The molecule has 0 bridgehead atoms. The van der Waals surface area contributed by atoms with Crippen LogP contribution in [0.1, 0.15) is 20.3 Å². The van der Waals surface area contributed by atoms with Gasteiger partial charge >= 0.3 is 0 Å². The Hall–Kier alpha value is -1.10. The first-order valence-electron chi connectivity index (χ1n) is 5.27. The minimum Gasteiger partial charge on any atom is -0.369 e. The van der Waals surface area contributed by atoms with Gasteiger partial charge in [0.2, 0.25) is 11.8 Å². The third-order valence-electron chi connectivity index (χ3n) is 2.89. The molecule has 1 fully saturated rings. The number of hydrogen-bond donors (Lipinski definition) is 2. The Balaban J connectivity index is 2.43. The highest BCUT2D eigenvalue weighted by Gasteiger charge is 2.39. The molecule has 1 aliphatic heterocycles. The first kappa shape index (κ1) is 12.0. The number of nitrogens with two attached hydrogens (primary N) is 1. The van der Waals surface area contributed by atoms with E-state index in [4.69, 9.17) is 5.73 Å². The molecule has 5 heteroatoms. The number of rotatable bonds is 4. The zero-order chi connectivity index (χ0) is 11.5. The normalized spacial score (nSPS) is 26.5. The van der Waals surface area contributed by atoms with Crippen LogP contribution in [0.25, 0.3) is 0 Å². The van der Waals surface area contributed by atoms with Crippen molar-refractivity contribution >= 4 is 11.8 Å². The third-order valence-corrected chi connectivity index (χ3v) is 2.89. The molecule has 0 spiro atoms. The molecular weight excluding hydrogens is 194 g/mol. The predicted molar refractivity (Wildman–Crippen MR) is 57.0 cm³/mol. The Kier molecular flexibility index (Phi) is 3.68. The molecule has 1 aliphatic rings. The van der Waals surface area contributed by atoms with Crippen molar-refractivity contribution in [3.8, 4) is 0 Å². The van der Waals surface area contributed by atoms with Gasteiger partial charge in [0.1, 0.15) is 0 Å². The van der Waals surface area contributed by atoms with Gasteiger partial charge in [-0.1, -0.05) is 0 Å². The van der Waals surface area contributed by atoms with E-state index in [0.29, 0.717) is 19.6 Å². The van der Waals surface area contributed by atoms with Crippen molar-refractivity contribution in [1.29, 1.82) is 0 Å². The molecule has 0 aromatic heterocycles. The van der Waals surface area contributed by atoms with Crippen LogP contribution < -0.4 is 11.1 Å². The van der Waals surface area contributed by atoms with Crippen LogP contribution in [0.2, 0.25) is 0 Å². The molecule has 0 aromatic rings. The summed E-state index contributed by atoms with van der Waals surface area (Å²) >= 11 is 0. The van der Waals surface area contributed by atoms with E-state index in [-0.39, 0.29) is 11.8 Å². The van der Waals surface area contributed by atoms with E-state index in [1.165, 1.54) is 0 Å². The number of amides is 2. The number of nitrogens with zero attached hydrogens (tertiary/aromatic N) is 1. The first-order chi connectivity index (χ1) is 6.98. The highest BCUT2D eigenvalue weighted by molar-refractivity contribution is 5.81. The van der Waals surface area contributed by atoms with Gasteiger partial charge in [0.25, 0.3) is 0 Å². The molecule has 3 N–H and O–H groups in total. The standard InChI is InChI=1S/C10H19N3O2/c1-3-12-8(14)6-13-5-4-10(2,7-13)9(11)15/h3-7H2,1-2H3,(H2,11,15)(H,12,14). The summed E-state index contributed by atoms with van der Waals surface area (Å²) in [6, 6.07) is 0. The fourth-order valence-electron chi connectivity index (χ4n) is 1.85. The van der Waals surface area contributed by atoms with E-state index in [9.17, 15) is 9.59 Å². The fourth-order valence-corrected chi connectivity index (χ4v) is 1.85. The summed E-state index contributed by atoms with van der Waals surface area (Å²) < 4.78 is 0. The van der Waals surface area contributed by atoms with Gasteiger partial charge in [0.05, 0.1) is 12.0 Å². The van der Waals surface area contributed by atoms with Crippen molar-refractivity contribution in [3.63, 3.8) is 0 Å². The molecule has 0 saturated carbocycles. The van der Waals surface area contributed by atoms with Crippen molar-refractivity contribution in [2.24, 2.45) is 11.1 Å². The van der Waals surface area contributed by atoms with Crippen LogP contribution in [0.5, 0.6) is 0 Å². The highest BCUT2D eigenvalue weighted by Crippen LogP contribution is 2.28. The van der Waals surface area contributed by atoms with Gasteiger partial charge in [-0.3, -0.25) is 14.5 Å². The number of primary amides is 1. The van der Waals surface area contributed by atoms with Gasteiger partial charge in [-0.25, -0.2) is 0 Å². The quantitative estimate of drug-likeness (QED) is 0.649. The summed E-state index contributed by atoms with van der Waals surface area (Å²) in [7, 11) is 0. The number of carbonyl (C=O) groups is 2. The van der Waals surface area contributed by atoms with Crippen LogP contribution in [-0.4, -0.2) is 42.9 Å². The Morgan fingerprint density at radius 2 is 2.20 bits per heavy atom. The monoisotopic (exact) mass is 213 g/mol. The molecule has 1 heterocycles. The maximum Gasteiger partial charge on any atom is 0.234 e. The summed E-state index contributed by atoms with van der Waals surface area (Å²) in [5.41, 5.74) is 4.85. The van der Waals surface area contributed by atoms with Crippen molar-refractivity contribution in [2.45, 2.75) is 20.3 Å². The van der Waals surface area contributed by atoms with Crippen molar-refractivity contribution in [1.82, 2.24) is 10.2 Å². The summed E-state index contributed by atoms with van der Waals surface area (Å²) in [4.78, 5) is 24.5. The largest absolute Gasteiger partial charge is 0.369 e. The molecule has 0 radical (unpaired) electrons. The van der Waals surface area contributed by atoms with Crippen molar-refractivity contribution < 1.29 is 9.59 Å². The van der Waals surface area contributed by atoms with E-state index >= 15 is 0 Å². The van der Waals surface area contributed by atoms with Crippen LogP contribution in [0.4, 0.5) is 0 Å². The van der Waals surface area contributed by atoms with E-state index in [1.807, 2.05) is 18.7 Å². The topological polar surface area (TPSA) is 75.4 Å². The lowest BCUT2D eigenvalue weighted by atomic mass is 9.89. The van der Waals surface area contributed by atoms with E-state index in [1.54, 1.807) is 0 Å². The van der Waals surface area contributed by atoms with Crippen LogP contribution in [0.15, 0.2) is 0 Å². The van der Waals surface area contributed by atoms with Gasteiger partial charge in [0, 0.05) is 13.1 Å². The Morgan fingerprint density at radius 3 is 2.67 bits per heavy atom. The second-order valence-corrected chi connectivity index (χ2v) is 4.34. The number of nitrogens with one attached hydrogen (secondary N) is 1. The second-order valence-electron chi connectivity index (χ2n) is 4.34. The zero-order valence-electron chi connectivity index (χ0n) is 9.38. The van der Waals surface area contributed by atoms with Crippen LogP contribution >= 0.6 is 0 Å². The molecule has 15 heavy (non-hydrogen) atoms. The number of carbonyl (C=O) groups excluding carboxylic acids is 2. The minimum absolute atomic E-state index is 0.00576. The molecular formula is C10H19N3O2. The maximum absolute atomic E-state index is 11.3. The van der Waals surface area contributed by atoms with Gasteiger partial charge in [-0.2, -0.15) is 0 Å². The molecule has 1 saturated heterocycles. The van der Waals surface area contributed by atoms with Crippen LogP contribution in [0, 0.1) is 5.41 Å². The summed E-state index contributed by atoms with van der Waals surface area (Å²) in [5, 5.41) is 2.73. The van der Waals surface area contributed by atoms with Crippen molar-refractivity contribution in [2.75, 3.05) is 26.2 Å². The molecule has 0 aliphatic carbocycles. The second kappa shape index (κ2) is 4.61. The van der Waals surface area contributed by atoms with E-state index < -0.39 is 5.41 Å². The highest BCUT2D eigenvalue weighted by atomic mass is 16.2. The van der Waals surface area contributed by atoms with Gasteiger partial charge in [0.15, 0.2) is 0 Å². The lowest BCUT2D eigenvalue weighted by Gasteiger charge is -2.20. The average molecular weight is 213 g/mol. The predicted octanol–water partition coefficient (Wildman–Crippen LogP) is -0.680. The summed E-state index contributed by atoms with van der Waals surface area (Å²) in [5.74, 6) is -0.271. The Morgan fingerprint density at radius 1 is 1.53 bits per heavy atom. The SMILES string of the molecule is CCNC(=O)CN1CCC(C)(C(N)=O)C1. The van der Waals surface area contributed by atoms with Crippen LogP contribution in [0.3, 0.4) is 0 Å². The summed E-state index contributed by atoms with van der Waals surface area (Å²) in [6.45, 7) is 6.08. The molecule has 86 valence electrons. The third kappa shape index (κ3) is 2.92. The van der Waals surface area contributed by atoms with Crippen molar-refractivity contribution in [3.05, 3.63) is 0 Å². The number of likely N-dealkylation sites (tertiary alicyclic amines) is 1. The molecule has 1 atom stereocenters. The first-order valence-corrected chi connectivity index (χ1v) is 5.27. The lowest BCUT2D eigenvalue weighted by Crippen LogP contribution is -2.40. The zero-order valence-corrected chi connectivity index (χ0v) is 9.38. The van der Waals surface area contributed by atoms with Crippen LogP contribution in [-0.2, 0) is 9.59 Å². The Bertz CT molecular complexity index is 267. The number of likely N-dealkylation sites (N-methyl/N-ethyl adjacent to an activating group) is 1. The molecule has 1 unspecified atom stereocenters. The minimum atomic E-state index is -0.466. The molecule has 1 rings (SSSR count). The maximum atomic E-state index is 11.3. The van der Waals surface area contributed by atoms with E-state index in [2.05, 4.69) is 5.32 Å². The molecule has 2 amide bonds. The Labute approximate surface area is 90.0 Å². The molecule has 0 aromatic carbocycles. The number of hydrogen-bond acceptors (Lipinski definition) is 3.